The summed E-state index contributed by atoms with van der Waals surface area (Å²) in [4.78, 5) is 25.5. The highest BCUT2D eigenvalue weighted by atomic mass is 35.5. The second kappa shape index (κ2) is 7.62. The smallest absolute Gasteiger partial charge is 0.317 e. The summed E-state index contributed by atoms with van der Waals surface area (Å²) in [7, 11) is 1.50. The predicted molar refractivity (Wildman–Crippen MR) is 94.2 cm³/mol. The Balaban J connectivity index is 1.53. The van der Waals surface area contributed by atoms with Crippen LogP contribution in [0.1, 0.15) is 36.0 Å². The number of ether oxygens (including phenoxy) is 1. The largest absolute Gasteiger partial charge is 0.496 e. The van der Waals surface area contributed by atoms with E-state index in [1.807, 2.05) is 4.90 Å². The maximum Gasteiger partial charge on any atom is 0.317 e. The van der Waals surface area contributed by atoms with E-state index in [-0.39, 0.29) is 24.5 Å². The molecule has 0 radical (unpaired) electrons. The lowest BCUT2D eigenvalue weighted by Crippen LogP contribution is -2.55. The number of hydrogen-bond acceptors (Lipinski definition) is 4. The molecule has 0 spiro atoms. The first kappa shape index (κ1) is 18.0. The van der Waals surface area contributed by atoms with Crippen LogP contribution >= 0.6 is 11.6 Å². The molecule has 7 heteroatoms. The van der Waals surface area contributed by atoms with Gasteiger partial charge in [0.2, 0.25) is 0 Å². The van der Waals surface area contributed by atoms with Gasteiger partial charge < -0.3 is 15.2 Å². The number of amides is 1. The molecule has 0 bridgehead atoms. The number of halogens is 1. The summed E-state index contributed by atoms with van der Waals surface area (Å²) in [6, 6.07) is 5.22. The highest BCUT2D eigenvalue weighted by Crippen LogP contribution is 2.34. The van der Waals surface area contributed by atoms with Crippen molar-refractivity contribution in [1.29, 1.82) is 0 Å². The molecule has 2 fully saturated rings. The molecule has 0 aliphatic heterocycles. The van der Waals surface area contributed by atoms with Gasteiger partial charge in [-0.1, -0.05) is 11.6 Å². The van der Waals surface area contributed by atoms with Crippen molar-refractivity contribution in [3.8, 4) is 5.75 Å². The standard InChI is InChI=1S/C18H23ClN2O4/c1-25-16-6-12(19)4-5-15(16)18(24)20-13-7-14(8-13)21(10-17(22)23)9-11-2-3-11/h4-6,11,13-14H,2-3,7-10H2,1H3,(H,20,24)(H,22,23). The van der Waals surface area contributed by atoms with Gasteiger partial charge in [-0.2, -0.15) is 0 Å². The minimum atomic E-state index is -0.793. The Morgan fingerprint density at radius 1 is 1.36 bits per heavy atom. The van der Waals surface area contributed by atoms with Crippen molar-refractivity contribution in [3.05, 3.63) is 28.8 Å². The van der Waals surface area contributed by atoms with Crippen LogP contribution in [-0.4, -0.2) is 54.2 Å². The maximum absolute atomic E-state index is 12.4. The molecule has 1 aromatic rings. The summed E-state index contributed by atoms with van der Waals surface area (Å²) in [5.74, 6) is 0.108. The fraction of sp³-hybridized carbons (Fsp3) is 0.556. The molecule has 6 nitrogen and oxygen atoms in total. The van der Waals surface area contributed by atoms with E-state index in [9.17, 15) is 9.59 Å². The second-order valence-corrected chi connectivity index (χ2v) is 7.34. The predicted octanol–water partition coefficient (Wildman–Crippen LogP) is 2.41. The van der Waals surface area contributed by atoms with E-state index in [1.54, 1.807) is 18.2 Å². The molecule has 0 heterocycles. The molecular formula is C18H23ClN2O4. The monoisotopic (exact) mass is 366 g/mol. The van der Waals surface area contributed by atoms with Gasteiger partial charge in [0.1, 0.15) is 5.75 Å². The second-order valence-electron chi connectivity index (χ2n) is 6.91. The van der Waals surface area contributed by atoms with Gasteiger partial charge in [0.15, 0.2) is 0 Å². The van der Waals surface area contributed by atoms with Gasteiger partial charge in [-0.25, -0.2) is 0 Å². The van der Waals surface area contributed by atoms with E-state index in [1.165, 1.54) is 20.0 Å². The van der Waals surface area contributed by atoms with Gasteiger partial charge in [-0.05, 0) is 49.8 Å². The number of nitrogens with one attached hydrogen (secondary N) is 1. The van der Waals surface area contributed by atoms with E-state index >= 15 is 0 Å². The average molecular weight is 367 g/mol. The number of carboxylic acids is 1. The Labute approximate surface area is 152 Å². The van der Waals surface area contributed by atoms with Gasteiger partial charge in [0.25, 0.3) is 5.91 Å². The van der Waals surface area contributed by atoms with Crippen molar-refractivity contribution in [2.45, 2.75) is 37.8 Å². The molecule has 0 aromatic heterocycles. The van der Waals surface area contributed by atoms with E-state index in [0.29, 0.717) is 22.3 Å². The van der Waals surface area contributed by atoms with Crippen LogP contribution in [0, 0.1) is 5.92 Å². The third kappa shape index (κ3) is 4.64. The van der Waals surface area contributed by atoms with Crippen LogP contribution in [0.5, 0.6) is 5.75 Å². The van der Waals surface area contributed by atoms with Gasteiger partial charge >= 0.3 is 5.97 Å². The molecule has 0 unspecified atom stereocenters. The number of carboxylic acid groups (broad SMARTS) is 1. The van der Waals surface area contributed by atoms with Crippen LogP contribution in [0.2, 0.25) is 5.02 Å². The first-order valence-corrected chi connectivity index (χ1v) is 8.94. The van der Waals surface area contributed by atoms with Crippen LogP contribution in [-0.2, 0) is 4.79 Å². The normalized spacial score (nSPS) is 22.4. The molecule has 3 rings (SSSR count). The fourth-order valence-electron chi connectivity index (χ4n) is 3.27. The van der Waals surface area contributed by atoms with Crippen molar-refractivity contribution < 1.29 is 19.4 Å². The number of aliphatic carboxylic acids is 1. The van der Waals surface area contributed by atoms with Crippen molar-refractivity contribution in [2.24, 2.45) is 5.92 Å². The van der Waals surface area contributed by atoms with Crippen molar-refractivity contribution in [2.75, 3.05) is 20.2 Å². The molecule has 1 aromatic carbocycles. The van der Waals surface area contributed by atoms with Crippen LogP contribution in [0.15, 0.2) is 18.2 Å². The molecule has 2 aliphatic carbocycles. The summed E-state index contributed by atoms with van der Waals surface area (Å²) in [5.41, 5.74) is 0.454. The molecule has 25 heavy (non-hydrogen) atoms. The van der Waals surface area contributed by atoms with E-state index < -0.39 is 5.97 Å². The number of rotatable bonds is 8. The summed E-state index contributed by atoms with van der Waals surface area (Å²) in [6.45, 7) is 0.926. The molecule has 2 aliphatic rings. The first-order valence-electron chi connectivity index (χ1n) is 8.56. The Morgan fingerprint density at radius 2 is 2.08 bits per heavy atom. The Bertz CT molecular complexity index is 656. The third-order valence-corrected chi connectivity index (χ3v) is 5.14. The number of carbonyl (C=O) groups excluding carboxylic acids is 1. The van der Waals surface area contributed by atoms with Gasteiger partial charge in [-0.3, -0.25) is 14.5 Å². The molecule has 2 N–H and O–H groups in total. The molecular weight excluding hydrogens is 344 g/mol. The summed E-state index contributed by atoms with van der Waals surface area (Å²) >= 11 is 5.92. The zero-order chi connectivity index (χ0) is 18.0. The number of nitrogens with zero attached hydrogens (tertiary/aromatic N) is 1. The topological polar surface area (TPSA) is 78.9 Å². The first-order chi connectivity index (χ1) is 12.0. The van der Waals surface area contributed by atoms with Crippen molar-refractivity contribution in [1.82, 2.24) is 10.2 Å². The number of benzene rings is 1. The third-order valence-electron chi connectivity index (χ3n) is 4.90. The lowest BCUT2D eigenvalue weighted by atomic mass is 9.85. The lowest BCUT2D eigenvalue weighted by Gasteiger charge is -2.42. The Morgan fingerprint density at radius 3 is 2.68 bits per heavy atom. The van der Waals surface area contributed by atoms with Crippen LogP contribution in [0.4, 0.5) is 0 Å². The highest BCUT2D eigenvalue weighted by Gasteiger charge is 2.38. The fourth-order valence-corrected chi connectivity index (χ4v) is 3.43. The minimum Gasteiger partial charge on any atom is -0.496 e. The lowest BCUT2D eigenvalue weighted by molar-refractivity contribution is -0.139. The van der Waals surface area contributed by atoms with Crippen LogP contribution in [0.25, 0.3) is 0 Å². The maximum atomic E-state index is 12.4. The Hall–Kier alpha value is -1.79. The average Bonchev–Trinajstić information content (AvgIpc) is 3.33. The minimum absolute atomic E-state index is 0.0633. The molecule has 0 atom stereocenters. The highest BCUT2D eigenvalue weighted by molar-refractivity contribution is 6.30. The van der Waals surface area contributed by atoms with Crippen LogP contribution in [0.3, 0.4) is 0 Å². The van der Waals surface area contributed by atoms with Crippen molar-refractivity contribution >= 4 is 23.5 Å². The van der Waals surface area contributed by atoms with E-state index in [2.05, 4.69) is 5.32 Å². The number of hydrogen-bond donors (Lipinski definition) is 2. The van der Waals surface area contributed by atoms with Gasteiger partial charge in [0.05, 0.1) is 19.2 Å². The molecule has 0 saturated heterocycles. The van der Waals surface area contributed by atoms with Gasteiger partial charge in [0, 0.05) is 23.7 Å². The number of carbonyl (C=O) groups is 2. The van der Waals surface area contributed by atoms with E-state index in [0.717, 1.165) is 19.4 Å². The SMILES string of the molecule is COc1cc(Cl)ccc1C(=O)NC1CC(N(CC(=O)O)CC2CC2)C1. The zero-order valence-electron chi connectivity index (χ0n) is 14.2. The molecule has 136 valence electrons. The van der Waals surface area contributed by atoms with Gasteiger partial charge in [-0.15, -0.1) is 0 Å². The molecule has 1 amide bonds. The zero-order valence-corrected chi connectivity index (χ0v) is 15.0. The Kier molecular flexibility index (Phi) is 5.49. The summed E-state index contributed by atoms with van der Waals surface area (Å²) in [5, 5.41) is 12.6. The number of methoxy groups -OCH3 is 1. The van der Waals surface area contributed by atoms with E-state index in [4.69, 9.17) is 21.4 Å². The van der Waals surface area contributed by atoms with Crippen LogP contribution < -0.4 is 10.1 Å². The van der Waals surface area contributed by atoms with Crippen molar-refractivity contribution in [3.63, 3.8) is 0 Å². The summed E-state index contributed by atoms with van der Waals surface area (Å²) in [6.07, 6.45) is 3.95. The summed E-state index contributed by atoms with van der Waals surface area (Å²) < 4.78 is 5.22. The molecule has 2 saturated carbocycles. The quantitative estimate of drug-likeness (QED) is 0.738.